The molecule has 0 saturated heterocycles. The molecule has 0 unspecified atom stereocenters. The van der Waals surface area contributed by atoms with Crippen LogP contribution in [0, 0.1) is 0 Å². The summed E-state index contributed by atoms with van der Waals surface area (Å²) in [6.07, 6.45) is -0.0237. The average molecular weight is 330 g/mol. The number of carboxylic acids is 1. The molecule has 0 saturated carbocycles. The summed E-state index contributed by atoms with van der Waals surface area (Å²) in [6, 6.07) is 17.7. The van der Waals surface area contributed by atoms with Crippen molar-refractivity contribution in [1.82, 2.24) is 4.57 Å². The lowest BCUT2D eigenvalue weighted by molar-refractivity contribution is -0.136. The lowest BCUT2D eigenvalue weighted by Gasteiger charge is -2.09. The van der Waals surface area contributed by atoms with Crippen molar-refractivity contribution in [1.29, 1.82) is 0 Å². The third-order valence-electron chi connectivity index (χ3n) is 3.24. The van der Waals surface area contributed by atoms with Crippen LogP contribution in [0.1, 0.15) is 5.69 Å². The molecule has 0 aliphatic rings. The van der Waals surface area contributed by atoms with Crippen LogP contribution >= 0.6 is 15.9 Å². The lowest BCUT2D eigenvalue weighted by atomic mass is 10.2. The number of aliphatic carboxylic acids is 1. The van der Waals surface area contributed by atoms with Gasteiger partial charge in [-0.2, -0.15) is 0 Å². The molecule has 0 bridgehead atoms. The Labute approximate surface area is 124 Å². The highest BCUT2D eigenvalue weighted by atomic mass is 79.9. The van der Waals surface area contributed by atoms with Gasteiger partial charge in [0.05, 0.1) is 11.9 Å². The number of carbonyl (C=O) groups is 1. The summed E-state index contributed by atoms with van der Waals surface area (Å²) in [5.74, 6) is -0.842. The molecule has 3 aromatic rings. The van der Waals surface area contributed by atoms with Crippen LogP contribution in [0.25, 0.3) is 16.6 Å². The van der Waals surface area contributed by atoms with Crippen LogP contribution < -0.4 is 0 Å². The van der Waals surface area contributed by atoms with E-state index in [1.54, 1.807) is 0 Å². The Hall–Kier alpha value is -2.07. The highest BCUT2D eigenvalue weighted by Crippen LogP contribution is 2.33. The summed E-state index contributed by atoms with van der Waals surface area (Å²) in [6.45, 7) is 0. The fourth-order valence-corrected chi connectivity index (χ4v) is 3.08. The van der Waals surface area contributed by atoms with Gasteiger partial charge in [0.25, 0.3) is 0 Å². The van der Waals surface area contributed by atoms with Crippen molar-refractivity contribution in [3.63, 3.8) is 0 Å². The third-order valence-corrected chi connectivity index (χ3v) is 4.12. The predicted molar refractivity (Wildman–Crippen MR) is 82.3 cm³/mol. The van der Waals surface area contributed by atoms with E-state index in [-0.39, 0.29) is 6.42 Å². The van der Waals surface area contributed by atoms with Gasteiger partial charge in [0, 0.05) is 21.2 Å². The maximum atomic E-state index is 11.1. The number of para-hydroxylation sites is 2. The maximum absolute atomic E-state index is 11.1. The zero-order chi connectivity index (χ0) is 14.1. The van der Waals surface area contributed by atoms with E-state index in [0.29, 0.717) is 0 Å². The SMILES string of the molecule is O=C(O)Cc1c(Br)c2ccccc2n1-c1ccccc1. The Balaban J connectivity index is 2.35. The van der Waals surface area contributed by atoms with Crippen LogP contribution in [0.15, 0.2) is 59.1 Å². The summed E-state index contributed by atoms with van der Waals surface area (Å²) >= 11 is 3.54. The van der Waals surface area contributed by atoms with E-state index >= 15 is 0 Å². The van der Waals surface area contributed by atoms with Crippen LogP contribution in [-0.2, 0) is 11.2 Å². The van der Waals surface area contributed by atoms with Crippen LogP contribution in [0.4, 0.5) is 0 Å². The molecule has 0 atom stereocenters. The number of nitrogens with zero attached hydrogens (tertiary/aromatic N) is 1. The van der Waals surface area contributed by atoms with Gasteiger partial charge >= 0.3 is 5.97 Å². The van der Waals surface area contributed by atoms with Crippen LogP contribution in [0.2, 0.25) is 0 Å². The summed E-state index contributed by atoms with van der Waals surface area (Å²) in [4.78, 5) is 11.1. The van der Waals surface area contributed by atoms with E-state index in [0.717, 1.165) is 26.8 Å². The van der Waals surface area contributed by atoms with Crippen LogP contribution in [-0.4, -0.2) is 15.6 Å². The van der Waals surface area contributed by atoms with Gasteiger partial charge in [-0.25, -0.2) is 0 Å². The minimum Gasteiger partial charge on any atom is -0.481 e. The van der Waals surface area contributed by atoms with E-state index in [4.69, 9.17) is 5.11 Å². The summed E-state index contributed by atoms with van der Waals surface area (Å²) < 4.78 is 2.84. The van der Waals surface area contributed by atoms with Gasteiger partial charge in [-0.05, 0) is 34.1 Å². The Morgan fingerprint density at radius 3 is 2.40 bits per heavy atom. The fraction of sp³-hybridized carbons (Fsp3) is 0.0625. The molecule has 3 rings (SSSR count). The van der Waals surface area contributed by atoms with Gasteiger partial charge in [0.15, 0.2) is 0 Å². The minimum absolute atomic E-state index is 0.0237. The smallest absolute Gasteiger partial charge is 0.309 e. The van der Waals surface area contributed by atoms with Gasteiger partial charge in [-0.3, -0.25) is 4.79 Å². The largest absolute Gasteiger partial charge is 0.481 e. The molecule has 2 aromatic carbocycles. The first kappa shape index (κ1) is 12.9. The average Bonchev–Trinajstić information content (AvgIpc) is 2.73. The summed E-state index contributed by atoms with van der Waals surface area (Å²) in [7, 11) is 0. The first-order chi connectivity index (χ1) is 9.68. The van der Waals surface area contributed by atoms with E-state index in [2.05, 4.69) is 15.9 Å². The Bertz CT molecular complexity index is 778. The molecule has 0 fully saturated rings. The van der Waals surface area contributed by atoms with E-state index < -0.39 is 5.97 Å². The number of halogens is 1. The van der Waals surface area contributed by atoms with Gasteiger partial charge in [-0.1, -0.05) is 36.4 Å². The Kier molecular flexibility index (Phi) is 3.32. The normalized spacial score (nSPS) is 10.8. The molecular weight excluding hydrogens is 318 g/mol. The van der Waals surface area contributed by atoms with Crippen LogP contribution in [0.3, 0.4) is 0 Å². The molecule has 0 aliphatic carbocycles. The van der Waals surface area contributed by atoms with Crippen molar-refractivity contribution >= 4 is 32.8 Å². The number of hydrogen-bond acceptors (Lipinski definition) is 1. The van der Waals surface area contributed by atoms with Crippen molar-refractivity contribution in [2.24, 2.45) is 0 Å². The molecule has 1 N–H and O–H groups in total. The zero-order valence-corrected chi connectivity index (χ0v) is 12.2. The first-order valence-corrected chi connectivity index (χ1v) is 7.03. The molecule has 20 heavy (non-hydrogen) atoms. The molecule has 0 spiro atoms. The Morgan fingerprint density at radius 2 is 1.70 bits per heavy atom. The summed E-state index contributed by atoms with van der Waals surface area (Å²) in [5.41, 5.74) is 2.72. The predicted octanol–water partition coefficient (Wildman–Crippen LogP) is 4.02. The number of benzene rings is 2. The number of fused-ring (bicyclic) bond motifs is 1. The number of carboxylic acid groups (broad SMARTS) is 1. The molecule has 4 heteroatoms. The van der Waals surface area contributed by atoms with Crippen molar-refractivity contribution in [2.45, 2.75) is 6.42 Å². The molecule has 0 aliphatic heterocycles. The second kappa shape index (κ2) is 5.13. The van der Waals surface area contributed by atoms with Crippen molar-refractivity contribution < 1.29 is 9.90 Å². The monoisotopic (exact) mass is 329 g/mol. The van der Waals surface area contributed by atoms with Crippen molar-refractivity contribution in [3.05, 3.63) is 64.8 Å². The van der Waals surface area contributed by atoms with Gasteiger partial charge in [0.2, 0.25) is 0 Å². The highest BCUT2D eigenvalue weighted by Gasteiger charge is 2.18. The zero-order valence-electron chi connectivity index (χ0n) is 10.6. The standard InChI is InChI=1S/C16H12BrNO2/c17-16-12-8-4-5-9-13(12)18(14(16)10-15(19)20)11-6-2-1-3-7-11/h1-9H,10H2,(H,19,20). The van der Waals surface area contributed by atoms with Crippen LogP contribution in [0.5, 0.6) is 0 Å². The lowest BCUT2D eigenvalue weighted by Crippen LogP contribution is -2.07. The minimum atomic E-state index is -0.842. The highest BCUT2D eigenvalue weighted by molar-refractivity contribution is 9.10. The molecule has 3 nitrogen and oxygen atoms in total. The summed E-state index contributed by atoms with van der Waals surface area (Å²) in [5, 5.41) is 10.2. The maximum Gasteiger partial charge on any atom is 0.309 e. The second-order valence-electron chi connectivity index (χ2n) is 4.52. The first-order valence-electron chi connectivity index (χ1n) is 6.23. The number of rotatable bonds is 3. The van der Waals surface area contributed by atoms with E-state index in [9.17, 15) is 4.79 Å². The molecule has 1 heterocycles. The molecule has 0 amide bonds. The van der Waals surface area contributed by atoms with Crippen molar-refractivity contribution in [2.75, 3.05) is 0 Å². The van der Waals surface area contributed by atoms with Gasteiger partial charge in [0.1, 0.15) is 0 Å². The third kappa shape index (κ3) is 2.12. The molecule has 1 aromatic heterocycles. The topological polar surface area (TPSA) is 42.2 Å². The number of hydrogen-bond donors (Lipinski definition) is 1. The second-order valence-corrected chi connectivity index (χ2v) is 5.31. The molecular formula is C16H12BrNO2. The van der Waals surface area contributed by atoms with E-state index in [1.165, 1.54) is 0 Å². The Morgan fingerprint density at radius 1 is 1.05 bits per heavy atom. The fourth-order valence-electron chi connectivity index (χ4n) is 2.43. The van der Waals surface area contributed by atoms with Gasteiger partial charge in [-0.15, -0.1) is 0 Å². The van der Waals surface area contributed by atoms with Gasteiger partial charge < -0.3 is 9.67 Å². The molecule has 100 valence electrons. The van der Waals surface area contributed by atoms with Crippen molar-refractivity contribution in [3.8, 4) is 5.69 Å². The number of aromatic nitrogens is 1. The quantitative estimate of drug-likeness (QED) is 0.788. The van der Waals surface area contributed by atoms with E-state index in [1.807, 2.05) is 59.2 Å². The molecule has 0 radical (unpaired) electrons.